The number of ether oxygens (including phenoxy) is 4. The number of aliphatic hydroxyl groups excluding tert-OH is 1. The van der Waals surface area contributed by atoms with E-state index in [1.54, 1.807) is 31.3 Å². The second-order valence-electron chi connectivity index (χ2n) is 14.6. The van der Waals surface area contributed by atoms with Crippen molar-refractivity contribution in [1.29, 1.82) is 5.26 Å². The summed E-state index contributed by atoms with van der Waals surface area (Å²) in [6, 6.07) is 19.2. The SMILES string of the molecule is Cc1c(COc2cc(OCc3cncc(C#N)c3)c(CN[C@H](C)C(O)O)cc2Cl)cccc1-c1cccc(OCCCN2CCC3(CCOC3)CC2)c1C. The Hall–Kier alpha value is -4.21. The monoisotopic (exact) mass is 754 g/mol. The van der Waals surface area contributed by atoms with Gasteiger partial charge in [0.2, 0.25) is 0 Å². The molecule has 1 atom stereocenters. The first-order chi connectivity index (χ1) is 26.1. The maximum absolute atomic E-state index is 9.57. The normalized spacial score (nSPS) is 16.0. The standard InChI is InChI=1S/C43H51ClN4O6/c1-29-34(27-54-41-21-40(53-26-33-19-32(22-45)23-46-24-33)35(20-38(41)44)25-47-31(3)42(49)50)7-4-8-36(29)37-9-5-10-39(30(37)2)52-17-6-14-48-15-11-43(12-16-48)13-18-51-28-43/h4-5,7-10,19-21,23-24,31,42,47,49-50H,6,11-18,25-28H2,1-3H3/t31-/m1/s1. The van der Waals surface area contributed by atoms with Gasteiger partial charge < -0.3 is 39.4 Å². The molecule has 1 spiro atoms. The molecule has 0 saturated carbocycles. The number of hydrogen-bond acceptors (Lipinski definition) is 10. The van der Waals surface area contributed by atoms with Crippen LogP contribution in [-0.4, -0.2) is 71.9 Å². The van der Waals surface area contributed by atoms with Crippen LogP contribution in [0.5, 0.6) is 17.2 Å². The van der Waals surface area contributed by atoms with Gasteiger partial charge in [0.05, 0.1) is 29.8 Å². The average molecular weight is 755 g/mol. The first-order valence-electron chi connectivity index (χ1n) is 18.8. The van der Waals surface area contributed by atoms with Gasteiger partial charge in [0.15, 0.2) is 6.29 Å². The lowest BCUT2D eigenvalue weighted by Crippen LogP contribution is -2.41. The first kappa shape index (κ1) is 39.5. The van der Waals surface area contributed by atoms with Gasteiger partial charge >= 0.3 is 0 Å². The lowest BCUT2D eigenvalue weighted by molar-refractivity contribution is -0.0628. The molecule has 286 valence electrons. The fourth-order valence-corrected chi connectivity index (χ4v) is 7.48. The molecule has 0 unspecified atom stereocenters. The number of rotatable bonds is 16. The molecule has 54 heavy (non-hydrogen) atoms. The van der Waals surface area contributed by atoms with Crippen LogP contribution in [0, 0.1) is 30.6 Å². The summed E-state index contributed by atoms with van der Waals surface area (Å²) in [5, 5.41) is 31.9. The highest BCUT2D eigenvalue weighted by Crippen LogP contribution is 2.39. The van der Waals surface area contributed by atoms with Gasteiger partial charge in [0.1, 0.15) is 36.5 Å². The Bertz CT molecular complexity index is 1910. The van der Waals surface area contributed by atoms with Crippen LogP contribution >= 0.6 is 11.6 Å². The Kier molecular flexibility index (Phi) is 13.5. The molecular formula is C43H51ClN4O6. The third kappa shape index (κ3) is 9.90. The zero-order valence-electron chi connectivity index (χ0n) is 31.4. The second-order valence-corrected chi connectivity index (χ2v) is 15.0. The average Bonchev–Trinajstić information content (AvgIpc) is 3.64. The number of piperidine rings is 1. The van der Waals surface area contributed by atoms with Gasteiger partial charge in [-0.2, -0.15) is 5.26 Å². The molecule has 1 aromatic heterocycles. The molecule has 10 nitrogen and oxygen atoms in total. The van der Waals surface area contributed by atoms with E-state index in [9.17, 15) is 15.5 Å². The van der Waals surface area contributed by atoms with Gasteiger partial charge in [-0.3, -0.25) is 4.98 Å². The first-order valence-corrected chi connectivity index (χ1v) is 19.2. The molecule has 0 radical (unpaired) electrons. The van der Waals surface area contributed by atoms with E-state index < -0.39 is 12.3 Å². The number of hydrogen-bond donors (Lipinski definition) is 3. The largest absolute Gasteiger partial charge is 0.493 e. The number of aromatic nitrogens is 1. The van der Waals surface area contributed by atoms with Crippen molar-refractivity contribution in [2.24, 2.45) is 5.41 Å². The highest BCUT2D eigenvalue weighted by molar-refractivity contribution is 6.32. The van der Waals surface area contributed by atoms with Crippen LogP contribution in [0.15, 0.2) is 67.0 Å². The zero-order chi connectivity index (χ0) is 38.1. The summed E-state index contributed by atoms with van der Waals surface area (Å²) in [7, 11) is 0. The Morgan fingerprint density at radius 2 is 1.69 bits per heavy atom. The Morgan fingerprint density at radius 1 is 0.926 bits per heavy atom. The number of benzene rings is 3. The summed E-state index contributed by atoms with van der Waals surface area (Å²) >= 11 is 6.75. The summed E-state index contributed by atoms with van der Waals surface area (Å²) in [5.41, 5.74) is 7.76. The predicted octanol–water partition coefficient (Wildman–Crippen LogP) is 7.11. The molecule has 6 rings (SSSR count). The van der Waals surface area contributed by atoms with Crippen LogP contribution in [-0.2, 0) is 24.5 Å². The van der Waals surface area contributed by atoms with Gasteiger partial charge in [-0.15, -0.1) is 0 Å². The molecule has 2 aliphatic heterocycles. The molecule has 3 N–H and O–H groups in total. The highest BCUT2D eigenvalue weighted by Gasteiger charge is 2.37. The minimum atomic E-state index is -1.53. The molecule has 0 amide bonds. The second kappa shape index (κ2) is 18.4. The topological polar surface area (TPSA) is 129 Å². The molecule has 0 aliphatic carbocycles. The minimum Gasteiger partial charge on any atom is -0.493 e. The molecular weight excluding hydrogens is 704 g/mol. The van der Waals surface area contributed by atoms with Gasteiger partial charge in [0.25, 0.3) is 0 Å². The molecule has 2 saturated heterocycles. The minimum absolute atomic E-state index is 0.160. The smallest absolute Gasteiger partial charge is 0.166 e. The maximum Gasteiger partial charge on any atom is 0.166 e. The van der Waals surface area contributed by atoms with Crippen molar-refractivity contribution in [2.75, 3.05) is 39.5 Å². The van der Waals surface area contributed by atoms with Crippen molar-refractivity contribution in [3.63, 3.8) is 0 Å². The fourth-order valence-electron chi connectivity index (χ4n) is 7.24. The van der Waals surface area contributed by atoms with Crippen LogP contribution < -0.4 is 19.5 Å². The molecule has 2 aliphatic rings. The predicted molar refractivity (Wildman–Crippen MR) is 209 cm³/mol. The summed E-state index contributed by atoms with van der Waals surface area (Å²) in [4.78, 5) is 6.70. The lowest BCUT2D eigenvalue weighted by atomic mass is 9.78. The molecule has 4 aromatic rings. The third-order valence-electron chi connectivity index (χ3n) is 10.9. The van der Waals surface area contributed by atoms with Gasteiger partial charge in [-0.05, 0) is 111 Å². The fraction of sp³-hybridized carbons (Fsp3) is 0.442. The van der Waals surface area contributed by atoms with Gasteiger partial charge in [0, 0.05) is 49.3 Å². The summed E-state index contributed by atoms with van der Waals surface area (Å²) in [6.45, 7) is 12.5. The van der Waals surface area contributed by atoms with Crippen LogP contribution in [0.2, 0.25) is 5.02 Å². The Balaban J connectivity index is 1.11. The van der Waals surface area contributed by atoms with Crippen molar-refractivity contribution in [1.82, 2.24) is 15.2 Å². The quantitative estimate of drug-likeness (QED) is 0.0804. The van der Waals surface area contributed by atoms with E-state index in [4.69, 9.17) is 30.5 Å². The van der Waals surface area contributed by atoms with E-state index in [1.807, 2.05) is 6.07 Å². The molecule has 3 heterocycles. The molecule has 2 fully saturated rings. The van der Waals surface area contributed by atoms with E-state index >= 15 is 0 Å². The van der Waals surface area contributed by atoms with Gasteiger partial charge in [-0.25, -0.2) is 0 Å². The van der Waals surface area contributed by atoms with Crippen molar-refractivity contribution < 1.29 is 29.2 Å². The number of pyridine rings is 1. The van der Waals surface area contributed by atoms with Crippen LogP contribution in [0.1, 0.15) is 66.0 Å². The summed E-state index contributed by atoms with van der Waals surface area (Å²) in [6.07, 6.45) is 6.29. The number of nitrogens with zero attached hydrogens (tertiary/aromatic N) is 3. The van der Waals surface area contributed by atoms with Crippen molar-refractivity contribution in [3.05, 3.63) is 105 Å². The molecule has 11 heteroatoms. The zero-order valence-corrected chi connectivity index (χ0v) is 32.2. The molecule has 0 bridgehead atoms. The number of aliphatic hydroxyl groups is 2. The summed E-state index contributed by atoms with van der Waals surface area (Å²) in [5.74, 6) is 1.86. The number of halogens is 1. The highest BCUT2D eigenvalue weighted by atomic mass is 35.5. The van der Waals surface area contributed by atoms with E-state index in [1.165, 1.54) is 25.5 Å². The van der Waals surface area contributed by atoms with Crippen LogP contribution in [0.3, 0.4) is 0 Å². The molecule has 3 aromatic carbocycles. The maximum atomic E-state index is 9.57. The van der Waals surface area contributed by atoms with Crippen molar-refractivity contribution in [2.45, 2.75) is 78.5 Å². The Labute approximate surface area is 323 Å². The number of nitriles is 1. The number of nitrogens with one attached hydrogen (secondary N) is 1. The van der Waals surface area contributed by atoms with Crippen LogP contribution in [0.4, 0.5) is 0 Å². The van der Waals surface area contributed by atoms with Gasteiger partial charge in [-0.1, -0.05) is 41.9 Å². The summed E-state index contributed by atoms with van der Waals surface area (Å²) < 4.78 is 24.6. The van der Waals surface area contributed by atoms with E-state index in [-0.39, 0.29) is 19.8 Å². The van der Waals surface area contributed by atoms with E-state index in [0.29, 0.717) is 39.7 Å². The Morgan fingerprint density at radius 3 is 2.43 bits per heavy atom. The van der Waals surface area contributed by atoms with Crippen molar-refractivity contribution in [3.8, 4) is 34.4 Å². The van der Waals surface area contributed by atoms with E-state index in [2.05, 4.69) is 65.4 Å². The lowest BCUT2D eigenvalue weighted by Gasteiger charge is -2.38. The van der Waals surface area contributed by atoms with Crippen molar-refractivity contribution >= 4 is 11.6 Å². The number of likely N-dealkylation sites (tertiary alicyclic amines) is 1. The van der Waals surface area contributed by atoms with Crippen LogP contribution in [0.25, 0.3) is 11.1 Å². The third-order valence-corrected chi connectivity index (χ3v) is 11.2. The van der Waals surface area contributed by atoms with E-state index in [0.717, 1.165) is 78.4 Å².